The van der Waals surface area contributed by atoms with Crippen LogP contribution in [0.25, 0.3) is 0 Å². The zero-order valence-corrected chi connectivity index (χ0v) is 11.7. The Kier molecular flexibility index (Phi) is 3.74. The standard InChI is InChI=1S/C16H22O2/c1-10-8-9-14(16(18-4)12(10)3)15(17)13-7-5-6-11(13)2/h8-9,11,13H,5-7H2,1-4H3. The first-order chi connectivity index (χ1) is 8.56. The van der Waals surface area contributed by atoms with Gasteiger partial charge in [-0.15, -0.1) is 0 Å². The van der Waals surface area contributed by atoms with E-state index in [1.165, 1.54) is 18.4 Å². The van der Waals surface area contributed by atoms with Crippen molar-refractivity contribution in [2.45, 2.75) is 40.0 Å². The summed E-state index contributed by atoms with van der Waals surface area (Å²) in [5.74, 6) is 1.71. The van der Waals surface area contributed by atoms with Crippen LogP contribution in [-0.2, 0) is 0 Å². The number of ether oxygens (including phenoxy) is 1. The third-order valence-corrected chi connectivity index (χ3v) is 4.34. The molecule has 1 aromatic carbocycles. The highest BCUT2D eigenvalue weighted by Crippen LogP contribution is 2.36. The van der Waals surface area contributed by atoms with Crippen LogP contribution in [0.2, 0.25) is 0 Å². The first-order valence-electron chi connectivity index (χ1n) is 6.74. The summed E-state index contributed by atoms with van der Waals surface area (Å²) < 4.78 is 5.45. The monoisotopic (exact) mass is 246 g/mol. The van der Waals surface area contributed by atoms with E-state index in [2.05, 4.69) is 6.92 Å². The van der Waals surface area contributed by atoms with Crippen molar-refractivity contribution in [3.05, 3.63) is 28.8 Å². The SMILES string of the molecule is COc1c(C(=O)C2CCCC2C)ccc(C)c1C. The number of rotatable bonds is 3. The summed E-state index contributed by atoms with van der Waals surface area (Å²) in [5.41, 5.74) is 3.01. The Balaban J connectivity index is 2.39. The molecule has 18 heavy (non-hydrogen) atoms. The van der Waals surface area contributed by atoms with E-state index >= 15 is 0 Å². The molecule has 1 fully saturated rings. The van der Waals surface area contributed by atoms with E-state index in [0.29, 0.717) is 5.92 Å². The number of benzene rings is 1. The van der Waals surface area contributed by atoms with E-state index in [4.69, 9.17) is 4.74 Å². The number of ketones is 1. The topological polar surface area (TPSA) is 26.3 Å². The van der Waals surface area contributed by atoms with Gasteiger partial charge in [-0.25, -0.2) is 0 Å². The number of hydrogen-bond acceptors (Lipinski definition) is 2. The third-order valence-electron chi connectivity index (χ3n) is 4.34. The van der Waals surface area contributed by atoms with Crippen LogP contribution in [0.4, 0.5) is 0 Å². The minimum Gasteiger partial charge on any atom is -0.496 e. The average Bonchev–Trinajstić information content (AvgIpc) is 2.78. The van der Waals surface area contributed by atoms with Crippen LogP contribution in [0.1, 0.15) is 47.7 Å². The molecule has 0 amide bonds. The Morgan fingerprint density at radius 2 is 2.00 bits per heavy atom. The maximum atomic E-state index is 12.6. The summed E-state index contributed by atoms with van der Waals surface area (Å²) in [4.78, 5) is 12.6. The van der Waals surface area contributed by atoms with E-state index in [1.54, 1.807) is 7.11 Å². The fourth-order valence-corrected chi connectivity index (χ4v) is 2.98. The van der Waals surface area contributed by atoms with Crippen LogP contribution in [-0.4, -0.2) is 12.9 Å². The van der Waals surface area contributed by atoms with Gasteiger partial charge in [0.15, 0.2) is 5.78 Å². The highest BCUT2D eigenvalue weighted by molar-refractivity contribution is 6.01. The molecule has 0 heterocycles. The average molecular weight is 246 g/mol. The Labute approximate surface area is 109 Å². The molecular formula is C16H22O2. The highest BCUT2D eigenvalue weighted by Gasteiger charge is 2.32. The van der Waals surface area contributed by atoms with E-state index in [0.717, 1.165) is 23.3 Å². The summed E-state index contributed by atoms with van der Waals surface area (Å²) in [6.07, 6.45) is 3.37. The van der Waals surface area contributed by atoms with Crippen molar-refractivity contribution in [3.8, 4) is 5.75 Å². The van der Waals surface area contributed by atoms with Crippen molar-refractivity contribution in [3.63, 3.8) is 0 Å². The molecule has 0 aromatic heterocycles. The lowest BCUT2D eigenvalue weighted by atomic mass is 9.88. The summed E-state index contributed by atoms with van der Waals surface area (Å²) >= 11 is 0. The van der Waals surface area contributed by atoms with Gasteiger partial charge in [-0.2, -0.15) is 0 Å². The van der Waals surface area contributed by atoms with Crippen LogP contribution in [0.5, 0.6) is 5.75 Å². The lowest BCUT2D eigenvalue weighted by Gasteiger charge is -2.18. The lowest BCUT2D eigenvalue weighted by molar-refractivity contribution is 0.0894. The fourth-order valence-electron chi connectivity index (χ4n) is 2.98. The third kappa shape index (κ3) is 2.16. The van der Waals surface area contributed by atoms with Crippen molar-refractivity contribution in [1.29, 1.82) is 0 Å². The molecule has 0 bridgehead atoms. The number of aryl methyl sites for hydroxylation is 1. The predicted molar refractivity (Wildman–Crippen MR) is 73.3 cm³/mol. The van der Waals surface area contributed by atoms with Crippen molar-refractivity contribution in [2.75, 3.05) is 7.11 Å². The smallest absolute Gasteiger partial charge is 0.169 e. The zero-order valence-electron chi connectivity index (χ0n) is 11.7. The van der Waals surface area contributed by atoms with E-state index in [-0.39, 0.29) is 11.7 Å². The molecule has 0 radical (unpaired) electrons. The Hall–Kier alpha value is -1.31. The summed E-state index contributed by atoms with van der Waals surface area (Å²) in [6, 6.07) is 3.94. The van der Waals surface area contributed by atoms with Crippen molar-refractivity contribution >= 4 is 5.78 Å². The minimum atomic E-state index is 0.181. The number of methoxy groups -OCH3 is 1. The van der Waals surface area contributed by atoms with Gasteiger partial charge < -0.3 is 4.74 Å². The molecule has 0 aliphatic heterocycles. The molecular weight excluding hydrogens is 224 g/mol. The molecule has 1 aromatic rings. The molecule has 2 rings (SSSR count). The molecule has 98 valence electrons. The van der Waals surface area contributed by atoms with Gasteiger partial charge in [0.2, 0.25) is 0 Å². The Morgan fingerprint density at radius 1 is 1.28 bits per heavy atom. The molecule has 0 N–H and O–H groups in total. The number of carbonyl (C=O) groups excluding carboxylic acids is 1. The van der Waals surface area contributed by atoms with E-state index in [1.807, 2.05) is 26.0 Å². The minimum absolute atomic E-state index is 0.181. The molecule has 0 saturated heterocycles. The zero-order chi connectivity index (χ0) is 13.3. The summed E-state index contributed by atoms with van der Waals surface area (Å²) in [6.45, 7) is 6.25. The molecule has 1 saturated carbocycles. The molecule has 2 atom stereocenters. The van der Waals surface area contributed by atoms with Crippen molar-refractivity contribution in [2.24, 2.45) is 11.8 Å². The second-order valence-electron chi connectivity index (χ2n) is 5.47. The predicted octanol–water partition coefficient (Wildman–Crippen LogP) is 3.93. The van der Waals surface area contributed by atoms with E-state index in [9.17, 15) is 4.79 Å². The Bertz CT molecular complexity index is 462. The normalized spacial score (nSPS) is 23.1. The highest BCUT2D eigenvalue weighted by atomic mass is 16.5. The number of carbonyl (C=O) groups is 1. The second kappa shape index (κ2) is 5.13. The molecule has 2 nitrogen and oxygen atoms in total. The van der Waals surface area contributed by atoms with Crippen LogP contribution in [0.15, 0.2) is 12.1 Å². The molecule has 2 unspecified atom stereocenters. The second-order valence-corrected chi connectivity index (χ2v) is 5.47. The largest absolute Gasteiger partial charge is 0.496 e. The quantitative estimate of drug-likeness (QED) is 0.755. The number of hydrogen-bond donors (Lipinski definition) is 0. The van der Waals surface area contributed by atoms with Gasteiger partial charge >= 0.3 is 0 Å². The number of Topliss-reactive ketones (excluding diaryl/α,β-unsaturated/α-hetero) is 1. The fraction of sp³-hybridized carbons (Fsp3) is 0.562. The van der Waals surface area contributed by atoms with Crippen molar-refractivity contribution < 1.29 is 9.53 Å². The van der Waals surface area contributed by atoms with Gasteiger partial charge in [0.05, 0.1) is 12.7 Å². The first-order valence-corrected chi connectivity index (χ1v) is 6.74. The van der Waals surface area contributed by atoms with Gasteiger partial charge in [0.25, 0.3) is 0 Å². The molecule has 0 spiro atoms. The van der Waals surface area contributed by atoms with Gasteiger partial charge in [0, 0.05) is 5.92 Å². The molecule has 1 aliphatic rings. The van der Waals surface area contributed by atoms with Gasteiger partial charge in [-0.3, -0.25) is 4.79 Å². The summed E-state index contributed by atoms with van der Waals surface area (Å²) in [7, 11) is 1.65. The van der Waals surface area contributed by atoms with Crippen molar-refractivity contribution in [1.82, 2.24) is 0 Å². The van der Waals surface area contributed by atoms with Crippen LogP contribution >= 0.6 is 0 Å². The summed E-state index contributed by atoms with van der Waals surface area (Å²) in [5, 5.41) is 0. The van der Waals surface area contributed by atoms with Gasteiger partial charge in [0.1, 0.15) is 5.75 Å². The maximum Gasteiger partial charge on any atom is 0.169 e. The Morgan fingerprint density at radius 3 is 2.56 bits per heavy atom. The van der Waals surface area contributed by atoms with E-state index < -0.39 is 0 Å². The molecule has 2 heteroatoms. The first kappa shape index (κ1) is 13.1. The van der Waals surface area contributed by atoms with Gasteiger partial charge in [-0.05, 0) is 49.8 Å². The van der Waals surface area contributed by atoms with Gasteiger partial charge in [-0.1, -0.05) is 19.4 Å². The maximum absolute atomic E-state index is 12.6. The molecule has 1 aliphatic carbocycles. The van der Waals surface area contributed by atoms with Crippen LogP contribution in [0.3, 0.4) is 0 Å². The van der Waals surface area contributed by atoms with Crippen LogP contribution in [0, 0.1) is 25.7 Å². The van der Waals surface area contributed by atoms with Crippen LogP contribution < -0.4 is 4.74 Å². The lowest BCUT2D eigenvalue weighted by Crippen LogP contribution is -2.18.